The van der Waals surface area contributed by atoms with E-state index in [1.807, 2.05) is 61.7 Å². The first kappa shape index (κ1) is 25.7. The Morgan fingerprint density at radius 2 is 1.66 bits per heavy atom. The number of anilines is 1. The average molecular weight is 524 g/mol. The molecule has 7 heteroatoms. The van der Waals surface area contributed by atoms with E-state index >= 15 is 0 Å². The first-order valence-corrected chi connectivity index (χ1v) is 13.3. The molecule has 1 fully saturated rings. The van der Waals surface area contributed by atoms with E-state index in [4.69, 9.17) is 12.2 Å². The summed E-state index contributed by atoms with van der Waals surface area (Å²) in [5.41, 5.74) is 8.80. The van der Waals surface area contributed by atoms with Crippen molar-refractivity contribution in [2.24, 2.45) is 0 Å². The molecule has 4 aromatic rings. The molecular weight excluding hydrogens is 490 g/mol. The first-order chi connectivity index (χ1) is 18.3. The van der Waals surface area contributed by atoms with E-state index in [1.54, 1.807) is 0 Å². The number of carbonyl (C=O) groups is 1. The predicted molar refractivity (Wildman–Crippen MR) is 157 cm³/mol. The molecule has 3 heterocycles. The number of hydrogen-bond donors (Lipinski definition) is 2. The highest BCUT2D eigenvalue weighted by molar-refractivity contribution is 7.80. The summed E-state index contributed by atoms with van der Waals surface area (Å²) in [6.45, 7) is 9.03. The third-order valence-corrected chi connectivity index (χ3v) is 7.78. The zero-order valence-corrected chi connectivity index (χ0v) is 23.0. The summed E-state index contributed by atoms with van der Waals surface area (Å²) in [6, 6.07) is 24.0. The van der Waals surface area contributed by atoms with Crippen LogP contribution in [0.2, 0.25) is 0 Å². The lowest BCUT2D eigenvalue weighted by atomic mass is 9.93. The van der Waals surface area contributed by atoms with Gasteiger partial charge in [-0.1, -0.05) is 42.0 Å². The molecule has 2 atom stereocenters. The van der Waals surface area contributed by atoms with Gasteiger partial charge in [-0.25, -0.2) is 0 Å². The van der Waals surface area contributed by atoms with Crippen molar-refractivity contribution in [2.45, 2.75) is 46.2 Å². The van der Waals surface area contributed by atoms with Gasteiger partial charge in [0.05, 0.1) is 17.8 Å². The van der Waals surface area contributed by atoms with Gasteiger partial charge in [-0.3, -0.25) is 9.78 Å². The van der Waals surface area contributed by atoms with Crippen molar-refractivity contribution in [1.29, 1.82) is 0 Å². The predicted octanol–water partition coefficient (Wildman–Crippen LogP) is 6.11. The van der Waals surface area contributed by atoms with E-state index in [-0.39, 0.29) is 18.0 Å². The van der Waals surface area contributed by atoms with Gasteiger partial charge in [0.2, 0.25) is 5.91 Å². The maximum absolute atomic E-state index is 12.9. The van der Waals surface area contributed by atoms with E-state index < -0.39 is 0 Å². The SMILES string of the molecule is Cc1ccc(NC(=O)CCN2C(=S)N[C@@H](c3ccccn3)[C@@H]2c2c(C)c(C)n(-c3ccccc3)c2C)cc1. The second kappa shape index (κ2) is 10.8. The highest BCUT2D eigenvalue weighted by Crippen LogP contribution is 2.43. The van der Waals surface area contributed by atoms with Gasteiger partial charge in [0.25, 0.3) is 0 Å². The van der Waals surface area contributed by atoms with Gasteiger partial charge in [0.15, 0.2) is 5.11 Å². The number of amides is 1. The Hall–Kier alpha value is -3.97. The lowest BCUT2D eigenvalue weighted by Gasteiger charge is -2.29. The van der Waals surface area contributed by atoms with Crippen molar-refractivity contribution >= 4 is 28.9 Å². The third kappa shape index (κ3) is 4.94. The number of carbonyl (C=O) groups excluding carboxylic acids is 1. The average Bonchev–Trinajstić information content (AvgIpc) is 3.36. The normalized spacial score (nSPS) is 16.9. The number of nitrogens with one attached hydrogen (secondary N) is 2. The second-order valence-electron chi connectivity index (χ2n) is 9.86. The van der Waals surface area contributed by atoms with Crippen LogP contribution in [-0.2, 0) is 4.79 Å². The van der Waals surface area contributed by atoms with Gasteiger partial charge in [0, 0.05) is 47.5 Å². The molecular formula is C31H33N5OS. The van der Waals surface area contributed by atoms with Gasteiger partial charge in [-0.2, -0.15) is 0 Å². The minimum atomic E-state index is -0.132. The van der Waals surface area contributed by atoms with E-state index in [2.05, 4.69) is 70.1 Å². The molecule has 2 N–H and O–H groups in total. The fraction of sp³-hybridized carbons (Fsp3) is 0.258. The molecule has 0 spiro atoms. The van der Waals surface area contributed by atoms with Crippen LogP contribution in [0.5, 0.6) is 0 Å². The van der Waals surface area contributed by atoms with Crippen LogP contribution in [0, 0.1) is 27.7 Å². The molecule has 6 nitrogen and oxygen atoms in total. The monoisotopic (exact) mass is 523 g/mol. The molecule has 2 aromatic heterocycles. The molecule has 194 valence electrons. The van der Waals surface area contributed by atoms with Crippen molar-refractivity contribution in [3.8, 4) is 5.69 Å². The number of aromatic nitrogens is 2. The zero-order chi connectivity index (χ0) is 26.8. The summed E-state index contributed by atoms with van der Waals surface area (Å²) < 4.78 is 2.31. The van der Waals surface area contributed by atoms with E-state index in [0.29, 0.717) is 18.1 Å². The maximum atomic E-state index is 12.9. The van der Waals surface area contributed by atoms with Crippen LogP contribution < -0.4 is 10.6 Å². The Bertz CT molecular complexity index is 1450. The summed E-state index contributed by atoms with van der Waals surface area (Å²) in [5, 5.41) is 7.18. The highest BCUT2D eigenvalue weighted by Gasteiger charge is 2.42. The lowest BCUT2D eigenvalue weighted by molar-refractivity contribution is -0.116. The van der Waals surface area contributed by atoms with Crippen LogP contribution >= 0.6 is 12.2 Å². The first-order valence-electron chi connectivity index (χ1n) is 12.9. The Morgan fingerprint density at radius 1 is 0.947 bits per heavy atom. The van der Waals surface area contributed by atoms with Crippen molar-refractivity contribution in [3.63, 3.8) is 0 Å². The Kier molecular flexibility index (Phi) is 7.29. The quantitative estimate of drug-likeness (QED) is 0.286. The molecule has 38 heavy (non-hydrogen) atoms. The van der Waals surface area contributed by atoms with Crippen molar-refractivity contribution in [2.75, 3.05) is 11.9 Å². The third-order valence-electron chi connectivity index (χ3n) is 7.43. The fourth-order valence-electron chi connectivity index (χ4n) is 5.45. The maximum Gasteiger partial charge on any atom is 0.226 e. The molecule has 0 bridgehead atoms. The van der Waals surface area contributed by atoms with Crippen LogP contribution in [0.1, 0.15) is 52.3 Å². The van der Waals surface area contributed by atoms with Gasteiger partial charge in [0.1, 0.15) is 0 Å². The summed E-state index contributed by atoms with van der Waals surface area (Å²) >= 11 is 5.86. The number of pyridine rings is 1. The van der Waals surface area contributed by atoms with Gasteiger partial charge < -0.3 is 20.1 Å². The standard InChI is InChI=1S/C31H33N5OS/c1-20-13-15-24(16-14-20)33-27(37)17-19-35-30(29(34-31(35)38)26-12-8-9-18-32-26)28-21(2)22(3)36(23(28)4)25-10-6-5-7-11-25/h5-16,18,29-30H,17,19H2,1-4H3,(H,33,37)(H,34,38)/t29-,30-/m0/s1. The second-order valence-corrected chi connectivity index (χ2v) is 10.3. The van der Waals surface area contributed by atoms with Gasteiger partial charge in [-0.15, -0.1) is 0 Å². The van der Waals surface area contributed by atoms with Gasteiger partial charge >= 0.3 is 0 Å². The summed E-state index contributed by atoms with van der Waals surface area (Å²) in [7, 11) is 0. The van der Waals surface area contributed by atoms with Crippen LogP contribution in [-0.4, -0.2) is 32.0 Å². The topological polar surface area (TPSA) is 62.2 Å². The molecule has 2 aromatic carbocycles. The number of benzene rings is 2. The Labute approximate surface area is 229 Å². The molecule has 5 rings (SSSR count). The minimum absolute atomic E-state index is 0.0387. The number of thiocarbonyl (C=S) groups is 1. The highest BCUT2D eigenvalue weighted by atomic mass is 32.1. The molecule has 0 radical (unpaired) electrons. The number of aryl methyl sites for hydroxylation is 1. The number of nitrogens with zero attached hydrogens (tertiary/aromatic N) is 3. The summed E-state index contributed by atoms with van der Waals surface area (Å²) in [6.07, 6.45) is 2.13. The molecule has 1 amide bonds. The van der Waals surface area contributed by atoms with Crippen molar-refractivity contribution in [1.82, 2.24) is 19.8 Å². The van der Waals surface area contributed by atoms with Gasteiger partial charge in [-0.05, 0) is 81.9 Å². The van der Waals surface area contributed by atoms with Crippen LogP contribution in [0.15, 0.2) is 79.0 Å². The molecule has 1 aliphatic heterocycles. The number of para-hydroxylation sites is 1. The lowest BCUT2D eigenvalue weighted by Crippen LogP contribution is -2.33. The van der Waals surface area contributed by atoms with Crippen LogP contribution in [0.4, 0.5) is 5.69 Å². The zero-order valence-electron chi connectivity index (χ0n) is 22.2. The molecule has 0 saturated carbocycles. The van der Waals surface area contributed by atoms with Crippen LogP contribution in [0.3, 0.4) is 0 Å². The number of hydrogen-bond acceptors (Lipinski definition) is 3. The van der Waals surface area contributed by atoms with E-state index in [0.717, 1.165) is 28.3 Å². The molecule has 1 aliphatic rings. The Morgan fingerprint density at radius 3 is 2.34 bits per heavy atom. The van der Waals surface area contributed by atoms with Crippen LogP contribution in [0.25, 0.3) is 5.69 Å². The Balaban J connectivity index is 1.49. The summed E-state index contributed by atoms with van der Waals surface area (Å²) in [5.74, 6) is -0.0387. The van der Waals surface area contributed by atoms with E-state index in [1.165, 1.54) is 16.8 Å². The largest absolute Gasteiger partial charge is 0.352 e. The van der Waals surface area contributed by atoms with Crippen molar-refractivity contribution < 1.29 is 4.79 Å². The molecule has 0 unspecified atom stereocenters. The van der Waals surface area contributed by atoms with E-state index in [9.17, 15) is 4.79 Å². The smallest absolute Gasteiger partial charge is 0.226 e. The molecule has 1 saturated heterocycles. The van der Waals surface area contributed by atoms with Crippen molar-refractivity contribution in [3.05, 3.63) is 113 Å². The minimum Gasteiger partial charge on any atom is -0.352 e. The fourth-order valence-corrected chi connectivity index (χ4v) is 5.78. The summed E-state index contributed by atoms with van der Waals surface area (Å²) in [4.78, 5) is 19.8. The molecule has 0 aliphatic carbocycles. The number of rotatable bonds is 7.